The molecule has 0 saturated carbocycles. The van der Waals surface area contributed by atoms with Crippen molar-refractivity contribution < 1.29 is 14.3 Å². The van der Waals surface area contributed by atoms with Gasteiger partial charge in [-0.2, -0.15) is 0 Å². The molecule has 1 aliphatic heterocycles. The van der Waals surface area contributed by atoms with Gasteiger partial charge in [0.15, 0.2) is 0 Å². The van der Waals surface area contributed by atoms with Crippen LogP contribution < -0.4 is 10.1 Å². The molecule has 7 heteroatoms. The van der Waals surface area contributed by atoms with E-state index in [0.717, 1.165) is 0 Å². The highest BCUT2D eigenvalue weighted by Crippen LogP contribution is 2.37. The molecular formula is C20H18Cl2N2O3. The number of imide groups is 1. The molecule has 0 bridgehead atoms. The van der Waals surface area contributed by atoms with Gasteiger partial charge in [0.05, 0.1) is 23.4 Å². The number of amides is 2. The van der Waals surface area contributed by atoms with Gasteiger partial charge < -0.3 is 10.1 Å². The molecule has 0 saturated heterocycles. The number of anilines is 1. The van der Waals surface area contributed by atoms with Crippen LogP contribution >= 0.6 is 23.2 Å². The van der Waals surface area contributed by atoms with E-state index < -0.39 is 11.8 Å². The van der Waals surface area contributed by atoms with Gasteiger partial charge in [0.25, 0.3) is 11.8 Å². The second kappa shape index (κ2) is 7.62. The first kappa shape index (κ1) is 19.3. The first-order valence-corrected chi connectivity index (χ1v) is 9.08. The summed E-state index contributed by atoms with van der Waals surface area (Å²) < 4.78 is 5.33. The van der Waals surface area contributed by atoms with E-state index in [9.17, 15) is 9.59 Å². The molecule has 5 nitrogen and oxygen atoms in total. The van der Waals surface area contributed by atoms with Crippen LogP contribution in [0.2, 0.25) is 10.0 Å². The number of para-hydroxylation sites is 2. The van der Waals surface area contributed by atoms with Crippen LogP contribution in [0.4, 0.5) is 5.69 Å². The van der Waals surface area contributed by atoms with Crippen LogP contribution in [0.5, 0.6) is 5.75 Å². The van der Waals surface area contributed by atoms with Crippen LogP contribution in [-0.4, -0.2) is 29.9 Å². The number of benzene rings is 2. The van der Waals surface area contributed by atoms with Gasteiger partial charge in [0.2, 0.25) is 0 Å². The molecular weight excluding hydrogens is 387 g/mol. The van der Waals surface area contributed by atoms with Gasteiger partial charge in [-0.25, -0.2) is 0 Å². The van der Waals surface area contributed by atoms with Gasteiger partial charge in [0, 0.05) is 16.6 Å². The number of halogens is 2. The van der Waals surface area contributed by atoms with Crippen LogP contribution in [0, 0.1) is 0 Å². The Bertz CT molecular complexity index is 954. The van der Waals surface area contributed by atoms with Gasteiger partial charge in [0.1, 0.15) is 11.4 Å². The van der Waals surface area contributed by atoms with Crippen LogP contribution in [0.25, 0.3) is 5.57 Å². The van der Waals surface area contributed by atoms with Gasteiger partial charge in [-0.1, -0.05) is 41.4 Å². The maximum atomic E-state index is 13.0. The second-order valence-electron chi connectivity index (χ2n) is 6.27. The Morgan fingerprint density at radius 2 is 1.74 bits per heavy atom. The van der Waals surface area contributed by atoms with E-state index in [1.807, 2.05) is 12.1 Å². The highest BCUT2D eigenvalue weighted by Gasteiger charge is 2.41. The molecule has 2 amide bonds. The molecule has 2 aromatic rings. The highest BCUT2D eigenvalue weighted by molar-refractivity contribution is 6.41. The third-order valence-electron chi connectivity index (χ3n) is 4.20. The van der Waals surface area contributed by atoms with Gasteiger partial charge in [-0.15, -0.1) is 0 Å². The molecule has 0 fully saturated rings. The van der Waals surface area contributed by atoms with E-state index in [0.29, 0.717) is 27.0 Å². The predicted molar refractivity (Wildman–Crippen MR) is 107 cm³/mol. The second-order valence-corrected chi connectivity index (χ2v) is 7.12. The minimum absolute atomic E-state index is 0.155. The molecule has 0 unspecified atom stereocenters. The molecule has 2 aromatic carbocycles. The first-order chi connectivity index (χ1) is 12.8. The lowest BCUT2D eigenvalue weighted by Gasteiger charge is -2.19. The summed E-state index contributed by atoms with van der Waals surface area (Å²) in [5.41, 5.74) is 1.38. The summed E-state index contributed by atoms with van der Waals surface area (Å²) in [6.45, 7) is 3.56. The van der Waals surface area contributed by atoms with Crippen molar-refractivity contribution in [1.29, 1.82) is 0 Å². The number of methoxy groups -OCH3 is 1. The standard InChI is InChI=1S/C20H18Cl2N2O3/c1-11(2)24-19(25)17(13-9-8-12(21)10-14(13)22)18(20(24)26)23-15-6-4-5-7-16(15)27-3/h4-11,23H,1-3H3. The number of carbonyl (C=O) groups is 2. The number of nitrogens with one attached hydrogen (secondary N) is 1. The number of nitrogens with zero attached hydrogens (tertiary/aromatic N) is 1. The minimum atomic E-state index is -0.415. The van der Waals surface area contributed by atoms with E-state index in [4.69, 9.17) is 27.9 Å². The highest BCUT2D eigenvalue weighted by atomic mass is 35.5. The van der Waals surface area contributed by atoms with Crippen molar-refractivity contribution in [2.24, 2.45) is 0 Å². The van der Waals surface area contributed by atoms with Crippen molar-refractivity contribution in [1.82, 2.24) is 4.90 Å². The molecule has 140 valence electrons. The van der Waals surface area contributed by atoms with E-state index in [2.05, 4.69) is 5.32 Å². The predicted octanol–water partition coefficient (Wildman–Crippen LogP) is 4.60. The molecule has 0 aromatic heterocycles. The number of rotatable bonds is 5. The number of ether oxygens (including phenoxy) is 1. The van der Waals surface area contributed by atoms with Crippen LogP contribution in [0.15, 0.2) is 48.2 Å². The maximum Gasteiger partial charge on any atom is 0.278 e. The zero-order chi connectivity index (χ0) is 19.7. The number of hydrogen-bond acceptors (Lipinski definition) is 4. The summed E-state index contributed by atoms with van der Waals surface area (Å²) in [4.78, 5) is 27.2. The van der Waals surface area contributed by atoms with Crippen molar-refractivity contribution in [3.8, 4) is 5.75 Å². The Hall–Kier alpha value is -2.50. The largest absolute Gasteiger partial charge is 0.495 e. The quantitative estimate of drug-likeness (QED) is 0.739. The first-order valence-electron chi connectivity index (χ1n) is 8.32. The Morgan fingerprint density at radius 1 is 1.04 bits per heavy atom. The zero-order valence-electron chi connectivity index (χ0n) is 15.0. The molecule has 0 aliphatic carbocycles. The summed E-state index contributed by atoms with van der Waals surface area (Å²) in [7, 11) is 1.54. The number of hydrogen-bond donors (Lipinski definition) is 1. The van der Waals surface area contributed by atoms with E-state index >= 15 is 0 Å². The van der Waals surface area contributed by atoms with Gasteiger partial charge in [-0.05, 0) is 38.1 Å². The lowest BCUT2D eigenvalue weighted by Crippen LogP contribution is -2.38. The summed E-state index contributed by atoms with van der Waals surface area (Å²) in [5, 5.41) is 3.81. The van der Waals surface area contributed by atoms with Gasteiger partial charge >= 0.3 is 0 Å². The molecule has 0 radical (unpaired) electrons. The monoisotopic (exact) mass is 404 g/mol. The Kier molecular flexibility index (Phi) is 5.44. The fourth-order valence-electron chi connectivity index (χ4n) is 2.96. The molecule has 1 N–H and O–H groups in total. The van der Waals surface area contributed by atoms with Crippen LogP contribution in [0.1, 0.15) is 19.4 Å². The zero-order valence-corrected chi connectivity index (χ0v) is 16.6. The fraction of sp³-hybridized carbons (Fsp3) is 0.200. The molecule has 0 spiro atoms. The van der Waals surface area contributed by atoms with Crippen LogP contribution in [0.3, 0.4) is 0 Å². The summed E-state index contributed by atoms with van der Waals surface area (Å²) in [5.74, 6) is -0.270. The average molecular weight is 405 g/mol. The van der Waals surface area contributed by atoms with Gasteiger partial charge in [-0.3, -0.25) is 14.5 Å². The lowest BCUT2D eigenvalue weighted by atomic mass is 10.0. The van der Waals surface area contributed by atoms with Crippen LogP contribution in [-0.2, 0) is 9.59 Å². The molecule has 27 heavy (non-hydrogen) atoms. The average Bonchev–Trinajstić information content (AvgIpc) is 2.86. The lowest BCUT2D eigenvalue weighted by molar-refractivity contribution is -0.138. The third-order valence-corrected chi connectivity index (χ3v) is 4.75. The molecule has 3 rings (SSSR count). The number of carbonyl (C=O) groups excluding carboxylic acids is 2. The van der Waals surface area contributed by atoms with E-state index in [1.165, 1.54) is 12.0 Å². The van der Waals surface area contributed by atoms with E-state index in [1.54, 1.807) is 44.2 Å². The topological polar surface area (TPSA) is 58.6 Å². The minimum Gasteiger partial charge on any atom is -0.495 e. The van der Waals surface area contributed by atoms with E-state index in [-0.39, 0.29) is 17.3 Å². The summed E-state index contributed by atoms with van der Waals surface area (Å²) in [6.07, 6.45) is 0. The van der Waals surface area contributed by atoms with Crippen molar-refractivity contribution in [3.05, 3.63) is 63.8 Å². The van der Waals surface area contributed by atoms with Crippen molar-refractivity contribution in [2.75, 3.05) is 12.4 Å². The van der Waals surface area contributed by atoms with Crippen molar-refractivity contribution in [3.63, 3.8) is 0 Å². The SMILES string of the molecule is COc1ccccc1NC1=C(c2ccc(Cl)cc2Cl)C(=O)N(C(C)C)C1=O. The third kappa shape index (κ3) is 3.53. The normalized spacial score (nSPS) is 14.4. The maximum absolute atomic E-state index is 13.0. The molecule has 1 aliphatic rings. The smallest absolute Gasteiger partial charge is 0.278 e. The summed E-state index contributed by atoms with van der Waals surface area (Å²) in [6, 6.07) is 11.7. The van der Waals surface area contributed by atoms with Crippen molar-refractivity contribution >= 4 is 46.3 Å². The summed E-state index contributed by atoms with van der Waals surface area (Å²) >= 11 is 12.3. The Morgan fingerprint density at radius 3 is 2.37 bits per heavy atom. The molecule has 1 heterocycles. The Balaban J connectivity index is 2.17. The van der Waals surface area contributed by atoms with Crippen molar-refractivity contribution in [2.45, 2.75) is 19.9 Å². The fourth-order valence-corrected chi connectivity index (χ4v) is 3.46. The Labute approximate surface area is 167 Å². The molecule has 0 atom stereocenters.